The number of rotatable bonds is 5. The van der Waals surface area contributed by atoms with Crippen LogP contribution in [-0.2, 0) is 4.79 Å². The molecule has 106 valence electrons. The molecule has 1 aromatic carbocycles. The molecular formula is C13H17F3N2O. The Hall–Kier alpha value is -1.72. The predicted molar refractivity (Wildman–Crippen MR) is 68.1 cm³/mol. The molecule has 0 heterocycles. The van der Waals surface area contributed by atoms with E-state index in [9.17, 15) is 18.0 Å². The summed E-state index contributed by atoms with van der Waals surface area (Å²) in [5.74, 6) is -0.283. The molecule has 3 nitrogen and oxygen atoms in total. The second-order valence-electron chi connectivity index (χ2n) is 4.52. The maximum atomic E-state index is 11.9. The third-order valence-corrected chi connectivity index (χ3v) is 2.52. The molecule has 0 fully saturated rings. The summed E-state index contributed by atoms with van der Waals surface area (Å²) in [7, 11) is 0. The molecule has 0 aliphatic carbocycles. The van der Waals surface area contributed by atoms with E-state index in [-0.39, 0.29) is 6.54 Å². The van der Waals surface area contributed by atoms with Gasteiger partial charge in [-0.15, -0.1) is 0 Å². The van der Waals surface area contributed by atoms with Gasteiger partial charge in [0.05, 0.1) is 6.54 Å². The van der Waals surface area contributed by atoms with Gasteiger partial charge in [0.1, 0.15) is 6.54 Å². The Balaban J connectivity index is 2.38. The van der Waals surface area contributed by atoms with E-state index in [0.717, 1.165) is 5.56 Å². The number of carbonyl (C=O) groups excluding carboxylic acids is 1. The number of carbonyl (C=O) groups is 1. The van der Waals surface area contributed by atoms with Crippen molar-refractivity contribution in [3.8, 4) is 0 Å². The summed E-state index contributed by atoms with van der Waals surface area (Å²) in [6, 6.07) is 7.43. The third-order valence-electron chi connectivity index (χ3n) is 2.52. The van der Waals surface area contributed by atoms with Crippen LogP contribution >= 0.6 is 0 Å². The van der Waals surface area contributed by atoms with Crippen molar-refractivity contribution in [2.24, 2.45) is 0 Å². The van der Waals surface area contributed by atoms with Gasteiger partial charge in [0, 0.05) is 5.69 Å². The van der Waals surface area contributed by atoms with E-state index >= 15 is 0 Å². The topological polar surface area (TPSA) is 41.1 Å². The molecule has 1 aromatic rings. The SMILES string of the molecule is CC(C)c1ccc(NCC(=O)NCC(F)(F)F)cc1. The van der Waals surface area contributed by atoms with Crippen molar-refractivity contribution in [1.82, 2.24) is 5.32 Å². The van der Waals surface area contributed by atoms with Gasteiger partial charge in [-0.05, 0) is 23.6 Å². The molecule has 6 heteroatoms. The van der Waals surface area contributed by atoms with E-state index in [4.69, 9.17) is 0 Å². The minimum absolute atomic E-state index is 0.183. The summed E-state index contributed by atoms with van der Waals surface area (Å²) < 4.78 is 35.6. The van der Waals surface area contributed by atoms with Crippen LogP contribution in [0.4, 0.5) is 18.9 Å². The van der Waals surface area contributed by atoms with Crippen LogP contribution in [0.5, 0.6) is 0 Å². The number of hydrogen-bond donors (Lipinski definition) is 2. The molecule has 0 bridgehead atoms. The zero-order valence-electron chi connectivity index (χ0n) is 10.8. The molecule has 0 atom stereocenters. The molecule has 0 saturated carbocycles. The smallest absolute Gasteiger partial charge is 0.376 e. The van der Waals surface area contributed by atoms with E-state index in [1.165, 1.54) is 0 Å². The van der Waals surface area contributed by atoms with E-state index in [2.05, 4.69) is 19.2 Å². The van der Waals surface area contributed by atoms with E-state index < -0.39 is 18.6 Å². The van der Waals surface area contributed by atoms with Crippen LogP contribution in [0.2, 0.25) is 0 Å². The minimum atomic E-state index is -4.38. The van der Waals surface area contributed by atoms with Gasteiger partial charge in [0.15, 0.2) is 0 Å². The highest BCUT2D eigenvalue weighted by molar-refractivity contribution is 5.80. The van der Waals surface area contributed by atoms with Gasteiger partial charge in [-0.3, -0.25) is 4.79 Å². The minimum Gasteiger partial charge on any atom is -0.376 e. The number of alkyl halides is 3. The molecule has 0 aliphatic heterocycles. The number of hydrogen-bond acceptors (Lipinski definition) is 2. The van der Waals surface area contributed by atoms with Gasteiger partial charge < -0.3 is 10.6 Å². The maximum Gasteiger partial charge on any atom is 0.405 e. The van der Waals surface area contributed by atoms with Crippen LogP contribution in [0.3, 0.4) is 0 Å². The third kappa shape index (κ3) is 6.13. The van der Waals surface area contributed by atoms with E-state index in [0.29, 0.717) is 11.6 Å². The van der Waals surface area contributed by atoms with Crippen LogP contribution in [-0.4, -0.2) is 25.2 Å². The Morgan fingerprint density at radius 1 is 1.21 bits per heavy atom. The first-order chi connectivity index (χ1) is 8.78. The quantitative estimate of drug-likeness (QED) is 0.866. The fourth-order valence-electron chi connectivity index (χ4n) is 1.43. The monoisotopic (exact) mass is 274 g/mol. The highest BCUT2D eigenvalue weighted by Gasteiger charge is 2.27. The lowest BCUT2D eigenvalue weighted by atomic mass is 10.0. The first-order valence-corrected chi connectivity index (χ1v) is 5.95. The average Bonchev–Trinajstić information content (AvgIpc) is 2.33. The van der Waals surface area contributed by atoms with Crippen molar-refractivity contribution in [2.45, 2.75) is 25.9 Å². The molecule has 0 aliphatic rings. The van der Waals surface area contributed by atoms with E-state index in [1.54, 1.807) is 17.4 Å². The molecule has 1 amide bonds. The van der Waals surface area contributed by atoms with Gasteiger partial charge in [0.25, 0.3) is 0 Å². The summed E-state index contributed by atoms with van der Waals surface area (Å²) in [4.78, 5) is 11.2. The lowest BCUT2D eigenvalue weighted by Crippen LogP contribution is -2.37. The van der Waals surface area contributed by atoms with Crippen LogP contribution in [0, 0.1) is 0 Å². The maximum absolute atomic E-state index is 11.9. The first-order valence-electron chi connectivity index (χ1n) is 5.95. The fourth-order valence-corrected chi connectivity index (χ4v) is 1.43. The zero-order valence-corrected chi connectivity index (χ0v) is 10.8. The van der Waals surface area contributed by atoms with Crippen LogP contribution in [0.25, 0.3) is 0 Å². The molecule has 0 saturated heterocycles. The molecule has 0 aromatic heterocycles. The zero-order chi connectivity index (χ0) is 14.5. The van der Waals surface area contributed by atoms with Crippen molar-refractivity contribution < 1.29 is 18.0 Å². The number of anilines is 1. The van der Waals surface area contributed by atoms with Crippen molar-refractivity contribution in [1.29, 1.82) is 0 Å². The van der Waals surface area contributed by atoms with Gasteiger partial charge in [-0.25, -0.2) is 0 Å². The molecule has 19 heavy (non-hydrogen) atoms. The Morgan fingerprint density at radius 2 is 1.79 bits per heavy atom. The highest BCUT2D eigenvalue weighted by atomic mass is 19.4. The summed E-state index contributed by atoms with van der Waals surface area (Å²) in [6.45, 7) is 2.64. The van der Waals surface area contributed by atoms with Gasteiger partial charge in [-0.2, -0.15) is 13.2 Å². The molecular weight excluding hydrogens is 257 g/mol. The number of amides is 1. The summed E-state index contributed by atoms with van der Waals surface area (Å²) in [5, 5.41) is 4.56. The van der Waals surface area contributed by atoms with E-state index in [1.807, 2.05) is 12.1 Å². The molecule has 0 radical (unpaired) electrons. The number of nitrogens with one attached hydrogen (secondary N) is 2. The number of benzene rings is 1. The highest BCUT2D eigenvalue weighted by Crippen LogP contribution is 2.17. The standard InChI is InChI=1S/C13H17F3N2O/c1-9(2)10-3-5-11(6-4-10)17-7-12(19)18-8-13(14,15)16/h3-6,9,17H,7-8H2,1-2H3,(H,18,19). The Labute approximate surface area is 110 Å². The fraction of sp³-hybridized carbons (Fsp3) is 0.462. The molecule has 0 spiro atoms. The first kappa shape index (κ1) is 15.3. The van der Waals surface area contributed by atoms with Gasteiger partial charge >= 0.3 is 6.18 Å². The predicted octanol–water partition coefficient (Wildman–Crippen LogP) is 2.90. The lowest BCUT2D eigenvalue weighted by Gasteiger charge is -2.10. The second-order valence-corrected chi connectivity index (χ2v) is 4.52. The summed E-state index contributed by atoms with van der Waals surface area (Å²) in [6.07, 6.45) is -4.38. The Bertz CT molecular complexity index is 413. The Kier molecular flexibility index (Phi) is 5.20. The second kappa shape index (κ2) is 6.45. The van der Waals surface area contributed by atoms with Crippen molar-refractivity contribution >= 4 is 11.6 Å². The van der Waals surface area contributed by atoms with Crippen LogP contribution in [0.1, 0.15) is 25.3 Å². The van der Waals surface area contributed by atoms with Crippen molar-refractivity contribution in [3.05, 3.63) is 29.8 Å². The van der Waals surface area contributed by atoms with Crippen LogP contribution in [0.15, 0.2) is 24.3 Å². The Morgan fingerprint density at radius 3 is 2.26 bits per heavy atom. The molecule has 2 N–H and O–H groups in total. The number of halogens is 3. The van der Waals surface area contributed by atoms with Crippen LogP contribution < -0.4 is 10.6 Å². The average molecular weight is 274 g/mol. The summed E-state index contributed by atoms with van der Waals surface area (Å²) in [5.41, 5.74) is 1.86. The summed E-state index contributed by atoms with van der Waals surface area (Å²) >= 11 is 0. The normalized spacial score (nSPS) is 11.5. The van der Waals surface area contributed by atoms with Gasteiger partial charge in [-0.1, -0.05) is 26.0 Å². The van der Waals surface area contributed by atoms with Gasteiger partial charge in [0.2, 0.25) is 5.91 Å². The lowest BCUT2D eigenvalue weighted by molar-refractivity contribution is -0.137. The van der Waals surface area contributed by atoms with Crippen molar-refractivity contribution in [2.75, 3.05) is 18.4 Å². The van der Waals surface area contributed by atoms with Crippen molar-refractivity contribution in [3.63, 3.8) is 0 Å². The molecule has 0 unspecified atom stereocenters. The molecule has 1 rings (SSSR count). The largest absolute Gasteiger partial charge is 0.405 e.